The summed E-state index contributed by atoms with van der Waals surface area (Å²) in [6, 6.07) is 4.90. The van der Waals surface area contributed by atoms with Gasteiger partial charge in [0.1, 0.15) is 16.6 Å². The number of anilines is 1. The molecule has 0 spiro atoms. The van der Waals surface area contributed by atoms with Crippen LogP contribution < -0.4 is 15.8 Å². The van der Waals surface area contributed by atoms with Crippen LogP contribution in [0, 0.1) is 5.82 Å². The summed E-state index contributed by atoms with van der Waals surface area (Å²) in [6.07, 6.45) is -1.14. The number of nitrogens with one attached hydrogen (secondary N) is 1. The van der Waals surface area contributed by atoms with Crippen LogP contribution in [-0.2, 0) is 14.3 Å². The number of carbonyl (C=O) groups excluding carboxylic acids is 3. The molecule has 7 nitrogen and oxygen atoms in total. The normalized spacial score (nSPS) is 11.5. The molecule has 26 heavy (non-hydrogen) atoms. The summed E-state index contributed by atoms with van der Waals surface area (Å²) < 4.78 is 23.0. The van der Waals surface area contributed by atoms with E-state index in [0.717, 1.165) is 23.5 Å². The summed E-state index contributed by atoms with van der Waals surface area (Å²) in [5, 5.41) is 4.32. The van der Waals surface area contributed by atoms with Gasteiger partial charge in [-0.3, -0.25) is 9.59 Å². The molecule has 0 bridgehead atoms. The van der Waals surface area contributed by atoms with E-state index in [2.05, 4.69) is 5.32 Å². The highest BCUT2D eigenvalue weighted by atomic mass is 35.5. The second-order valence-electron chi connectivity index (χ2n) is 5.01. The molecule has 0 aliphatic rings. The number of amides is 2. The lowest BCUT2D eigenvalue weighted by molar-refractivity contribution is -0.155. The fourth-order valence-corrected chi connectivity index (χ4v) is 2.84. The van der Waals surface area contributed by atoms with E-state index < -0.39 is 36.3 Å². The van der Waals surface area contributed by atoms with Crippen molar-refractivity contribution >= 4 is 45.7 Å². The predicted octanol–water partition coefficient (Wildman–Crippen LogP) is 2.59. The van der Waals surface area contributed by atoms with E-state index >= 15 is 0 Å². The lowest BCUT2D eigenvalue weighted by atomic mass is 10.3. The van der Waals surface area contributed by atoms with Crippen LogP contribution in [0.2, 0.25) is 5.02 Å². The first-order valence-corrected chi connectivity index (χ1v) is 8.49. The first-order chi connectivity index (χ1) is 12.3. The molecular formula is C16H14ClFN2O5S. The second-order valence-corrected chi connectivity index (χ2v) is 6.34. The molecule has 1 atom stereocenters. The molecule has 0 aliphatic carbocycles. The summed E-state index contributed by atoms with van der Waals surface area (Å²) in [4.78, 5) is 35.0. The van der Waals surface area contributed by atoms with Crippen molar-refractivity contribution in [1.29, 1.82) is 0 Å². The Bertz CT molecular complexity index is 842. The van der Waals surface area contributed by atoms with Gasteiger partial charge in [0.25, 0.3) is 11.8 Å². The van der Waals surface area contributed by atoms with Crippen LogP contribution in [0.4, 0.5) is 9.39 Å². The zero-order valence-electron chi connectivity index (χ0n) is 13.5. The van der Waals surface area contributed by atoms with E-state index in [-0.39, 0.29) is 21.3 Å². The number of benzene rings is 1. The monoisotopic (exact) mass is 400 g/mol. The van der Waals surface area contributed by atoms with Gasteiger partial charge in [-0.25, -0.2) is 9.18 Å². The Balaban J connectivity index is 1.86. The van der Waals surface area contributed by atoms with Gasteiger partial charge in [0.05, 0.1) is 10.6 Å². The van der Waals surface area contributed by atoms with E-state index in [9.17, 15) is 18.8 Å². The zero-order chi connectivity index (χ0) is 19.3. The van der Waals surface area contributed by atoms with E-state index in [1.807, 2.05) is 0 Å². The average molecular weight is 401 g/mol. The summed E-state index contributed by atoms with van der Waals surface area (Å²) in [6.45, 7) is 0.837. The molecule has 138 valence electrons. The predicted molar refractivity (Wildman–Crippen MR) is 93.9 cm³/mol. The molecule has 1 heterocycles. The summed E-state index contributed by atoms with van der Waals surface area (Å²) >= 11 is 6.88. The number of rotatable bonds is 7. The highest BCUT2D eigenvalue weighted by molar-refractivity contribution is 7.14. The van der Waals surface area contributed by atoms with Gasteiger partial charge in [-0.05, 0) is 36.6 Å². The van der Waals surface area contributed by atoms with Gasteiger partial charge in [-0.1, -0.05) is 11.6 Å². The minimum Gasteiger partial charge on any atom is -0.480 e. The number of halogens is 2. The van der Waals surface area contributed by atoms with Gasteiger partial charge in [0.2, 0.25) is 0 Å². The summed E-state index contributed by atoms with van der Waals surface area (Å²) in [5.74, 6) is -2.58. The molecule has 0 unspecified atom stereocenters. The molecule has 0 saturated heterocycles. The largest absolute Gasteiger partial charge is 0.480 e. The molecular weight excluding hydrogens is 387 g/mol. The molecule has 1 aromatic carbocycles. The fourth-order valence-electron chi connectivity index (χ4n) is 1.83. The molecule has 3 N–H and O–H groups in total. The number of nitrogens with two attached hydrogens (primary N) is 1. The number of esters is 1. The van der Waals surface area contributed by atoms with Gasteiger partial charge in [0, 0.05) is 0 Å². The van der Waals surface area contributed by atoms with Gasteiger partial charge in [-0.15, -0.1) is 11.3 Å². The van der Waals surface area contributed by atoms with Gasteiger partial charge in [0.15, 0.2) is 12.7 Å². The first-order valence-electron chi connectivity index (χ1n) is 7.23. The lowest BCUT2D eigenvalue weighted by Gasteiger charge is -2.14. The molecule has 0 radical (unpaired) electrons. The van der Waals surface area contributed by atoms with Gasteiger partial charge < -0.3 is 20.5 Å². The molecule has 0 fully saturated rings. The van der Waals surface area contributed by atoms with Crippen LogP contribution in [0.15, 0.2) is 29.6 Å². The molecule has 0 aliphatic heterocycles. The third kappa shape index (κ3) is 5.17. The lowest BCUT2D eigenvalue weighted by Crippen LogP contribution is -2.32. The SMILES string of the molecule is C[C@H](OC(=O)COc1ccc(F)cc1Cl)C(=O)Nc1sccc1C(N)=O. The molecule has 1 aromatic heterocycles. The first kappa shape index (κ1) is 19.7. The zero-order valence-corrected chi connectivity index (χ0v) is 15.0. The van der Waals surface area contributed by atoms with Gasteiger partial charge in [-0.2, -0.15) is 0 Å². The minimum atomic E-state index is -1.14. The van der Waals surface area contributed by atoms with Crippen molar-refractivity contribution in [2.45, 2.75) is 13.0 Å². The Kier molecular flexibility index (Phi) is 6.53. The van der Waals surface area contributed by atoms with Crippen molar-refractivity contribution in [1.82, 2.24) is 0 Å². The Labute approximate surface area is 156 Å². The van der Waals surface area contributed by atoms with Crippen LogP contribution in [-0.4, -0.2) is 30.5 Å². The van der Waals surface area contributed by atoms with Crippen LogP contribution in [0.3, 0.4) is 0 Å². The van der Waals surface area contributed by atoms with Crippen molar-refractivity contribution in [3.8, 4) is 5.75 Å². The standard InChI is InChI=1S/C16H14ClFN2O5S/c1-8(15(23)20-16-10(14(19)22)4-5-26-16)25-13(21)7-24-12-3-2-9(18)6-11(12)17/h2-6,8H,7H2,1H3,(H2,19,22)(H,20,23)/t8-/m0/s1. The summed E-state index contributed by atoms with van der Waals surface area (Å²) in [7, 11) is 0. The Morgan fingerprint density at radius 1 is 1.35 bits per heavy atom. The minimum absolute atomic E-state index is 0.000248. The topological polar surface area (TPSA) is 108 Å². The molecule has 10 heteroatoms. The van der Waals surface area contributed by atoms with Crippen molar-refractivity contribution in [2.75, 3.05) is 11.9 Å². The number of ether oxygens (including phenoxy) is 2. The van der Waals surface area contributed by atoms with E-state index in [0.29, 0.717) is 0 Å². The number of hydrogen-bond acceptors (Lipinski definition) is 6. The second kappa shape index (κ2) is 8.63. The number of primary amides is 1. The molecule has 2 aromatic rings. The van der Waals surface area contributed by atoms with Crippen molar-refractivity contribution < 1.29 is 28.2 Å². The third-order valence-electron chi connectivity index (χ3n) is 3.08. The van der Waals surface area contributed by atoms with Crippen molar-refractivity contribution in [3.05, 3.63) is 46.0 Å². The van der Waals surface area contributed by atoms with E-state index in [4.69, 9.17) is 26.8 Å². The quantitative estimate of drug-likeness (QED) is 0.694. The summed E-state index contributed by atoms with van der Waals surface area (Å²) in [5.41, 5.74) is 5.35. The van der Waals surface area contributed by atoms with Crippen LogP contribution >= 0.6 is 22.9 Å². The number of carbonyl (C=O) groups is 3. The molecule has 0 saturated carbocycles. The highest BCUT2D eigenvalue weighted by Crippen LogP contribution is 2.25. The Morgan fingerprint density at radius 2 is 2.08 bits per heavy atom. The maximum Gasteiger partial charge on any atom is 0.344 e. The third-order valence-corrected chi connectivity index (χ3v) is 4.21. The van der Waals surface area contributed by atoms with E-state index in [1.165, 1.54) is 19.1 Å². The maximum atomic E-state index is 12.9. The highest BCUT2D eigenvalue weighted by Gasteiger charge is 2.21. The van der Waals surface area contributed by atoms with Crippen molar-refractivity contribution in [2.24, 2.45) is 5.73 Å². The molecule has 2 rings (SSSR count). The van der Waals surface area contributed by atoms with Crippen LogP contribution in [0.5, 0.6) is 5.75 Å². The van der Waals surface area contributed by atoms with Crippen LogP contribution in [0.1, 0.15) is 17.3 Å². The van der Waals surface area contributed by atoms with Crippen LogP contribution in [0.25, 0.3) is 0 Å². The maximum absolute atomic E-state index is 12.9. The van der Waals surface area contributed by atoms with E-state index in [1.54, 1.807) is 5.38 Å². The fraction of sp³-hybridized carbons (Fsp3) is 0.188. The number of hydrogen-bond donors (Lipinski definition) is 2. The smallest absolute Gasteiger partial charge is 0.344 e. The average Bonchev–Trinajstić information content (AvgIpc) is 3.02. The Morgan fingerprint density at radius 3 is 2.73 bits per heavy atom. The van der Waals surface area contributed by atoms with Crippen molar-refractivity contribution in [3.63, 3.8) is 0 Å². The number of thiophene rings is 1. The Hall–Kier alpha value is -2.65. The molecule has 2 amide bonds. The van der Waals surface area contributed by atoms with Gasteiger partial charge >= 0.3 is 5.97 Å².